The first-order chi connectivity index (χ1) is 12.2. The molecule has 1 heterocycles. The van der Waals surface area contributed by atoms with E-state index in [2.05, 4.69) is 10.3 Å². The zero-order valence-electron chi connectivity index (χ0n) is 13.8. The number of hydrogen-bond donors (Lipinski definition) is 4. The molecule has 2 aromatic rings. The minimum absolute atomic E-state index is 0.306. The van der Waals surface area contributed by atoms with Gasteiger partial charge in [0.25, 0.3) is 0 Å². The van der Waals surface area contributed by atoms with Gasteiger partial charge in [0.1, 0.15) is 5.69 Å². The van der Waals surface area contributed by atoms with Crippen LogP contribution in [0.3, 0.4) is 0 Å². The highest BCUT2D eigenvalue weighted by Crippen LogP contribution is 2.31. The van der Waals surface area contributed by atoms with Gasteiger partial charge in [-0.05, 0) is 24.9 Å². The second kappa shape index (κ2) is 8.22. The first-order valence-corrected chi connectivity index (χ1v) is 8.04. The lowest BCUT2D eigenvalue weighted by atomic mass is 10.1. The number of carboxylic acids is 2. The number of aromatic nitrogens is 1. The van der Waals surface area contributed by atoms with Gasteiger partial charge in [-0.3, -0.25) is 0 Å². The topological polar surface area (TPSA) is 102 Å². The summed E-state index contributed by atoms with van der Waals surface area (Å²) in [5.74, 6) is -2.75. The number of rotatable bonds is 6. The molecule has 1 fully saturated rings. The first-order valence-electron chi connectivity index (χ1n) is 8.04. The average Bonchev–Trinajstić information content (AvgIpc) is 3.31. The van der Waals surface area contributed by atoms with Crippen molar-refractivity contribution >= 4 is 22.8 Å². The molecule has 3 rings (SSSR count). The molecule has 9 heteroatoms. The Labute approximate surface area is 147 Å². The van der Waals surface area contributed by atoms with Gasteiger partial charge in [-0.1, -0.05) is 31.0 Å². The van der Waals surface area contributed by atoms with Crippen molar-refractivity contribution in [3.05, 3.63) is 35.5 Å². The zero-order valence-corrected chi connectivity index (χ0v) is 13.8. The zero-order chi connectivity index (χ0) is 19.3. The summed E-state index contributed by atoms with van der Waals surface area (Å²) in [6.07, 6.45) is -1.17. The van der Waals surface area contributed by atoms with Crippen LogP contribution in [-0.4, -0.2) is 39.9 Å². The second-order valence-electron chi connectivity index (χ2n) is 6.04. The van der Waals surface area contributed by atoms with Crippen LogP contribution in [-0.2, 0) is 11.3 Å². The van der Waals surface area contributed by atoms with Gasteiger partial charge >= 0.3 is 18.1 Å². The van der Waals surface area contributed by atoms with E-state index in [1.165, 1.54) is 19.3 Å². The Balaban J connectivity index is 0.000000298. The summed E-state index contributed by atoms with van der Waals surface area (Å²) in [6, 6.07) is 7.73. The molecule has 4 N–H and O–H groups in total. The third kappa shape index (κ3) is 5.48. The van der Waals surface area contributed by atoms with E-state index < -0.39 is 18.1 Å². The van der Waals surface area contributed by atoms with Crippen molar-refractivity contribution in [2.24, 2.45) is 5.92 Å². The molecule has 0 atom stereocenters. The molecule has 1 aliphatic carbocycles. The SMILES string of the molecule is O=C(O)C(F)(F)F.O=C(O)c1[nH]c2ccccc2c1CNCCC1CC1. The van der Waals surface area contributed by atoms with Crippen LogP contribution < -0.4 is 5.32 Å². The number of hydrogen-bond acceptors (Lipinski definition) is 3. The minimum Gasteiger partial charge on any atom is -0.477 e. The predicted molar refractivity (Wildman–Crippen MR) is 88.0 cm³/mol. The third-order valence-corrected chi connectivity index (χ3v) is 4.00. The van der Waals surface area contributed by atoms with Gasteiger partial charge in [-0.25, -0.2) is 9.59 Å². The van der Waals surface area contributed by atoms with Crippen LogP contribution in [0, 0.1) is 5.92 Å². The van der Waals surface area contributed by atoms with Crippen LogP contribution in [0.25, 0.3) is 10.9 Å². The fraction of sp³-hybridized carbons (Fsp3) is 0.412. The summed E-state index contributed by atoms with van der Waals surface area (Å²) in [4.78, 5) is 23.2. The maximum Gasteiger partial charge on any atom is 0.490 e. The van der Waals surface area contributed by atoms with E-state index in [0.29, 0.717) is 12.2 Å². The van der Waals surface area contributed by atoms with E-state index in [9.17, 15) is 23.1 Å². The normalized spacial score (nSPS) is 14.0. The van der Waals surface area contributed by atoms with Crippen LogP contribution in [0.5, 0.6) is 0 Å². The van der Waals surface area contributed by atoms with Crippen molar-refractivity contribution in [1.82, 2.24) is 10.3 Å². The lowest BCUT2D eigenvalue weighted by Crippen LogP contribution is -2.21. The molecule has 0 radical (unpaired) electrons. The van der Waals surface area contributed by atoms with Crippen LogP contribution in [0.15, 0.2) is 24.3 Å². The molecule has 1 aromatic heterocycles. The Bertz CT molecular complexity index is 782. The number of H-pyrrole nitrogens is 1. The molecular weight excluding hydrogens is 353 g/mol. The van der Waals surface area contributed by atoms with Crippen LogP contribution >= 0.6 is 0 Å². The van der Waals surface area contributed by atoms with E-state index in [1.807, 2.05) is 24.3 Å². The van der Waals surface area contributed by atoms with E-state index in [4.69, 9.17) is 9.90 Å². The summed E-state index contributed by atoms with van der Waals surface area (Å²) in [7, 11) is 0. The number of para-hydroxylation sites is 1. The lowest BCUT2D eigenvalue weighted by Gasteiger charge is -2.04. The maximum atomic E-state index is 11.3. The van der Waals surface area contributed by atoms with Gasteiger partial charge < -0.3 is 20.5 Å². The Kier molecular flexibility index (Phi) is 6.25. The van der Waals surface area contributed by atoms with Gasteiger partial charge in [0.15, 0.2) is 0 Å². The number of nitrogens with one attached hydrogen (secondary N) is 2. The van der Waals surface area contributed by atoms with Crippen molar-refractivity contribution in [2.75, 3.05) is 6.54 Å². The number of benzene rings is 1. The summed E-state index contributed by atoms with van der Waals surface area (Å²) in [6.45, 7) is 1.57. The van der Waals surface area contributed by atoms with Gasteiger partial charge in [0.05, 0.1) is 0 Å². The molecule has 0 aliphatic heterocycles. The molecule has 1 aromatic carbocycles. The van der Waals surface area contributed by atoms with Crippen LogP contribution in [0.1, 0.15) is 35.3 Å². The average molecular weight is 372 g/mol. The van der Waals surface area contributed by atoms with Crippen molar-refractivity contribution in [3.63, 3.8) is 0 Å². The van der Waals surface area contributed by atoms with Crippen LogP contribution in [0.2, 0.25) is 0 Å². The summed E-state index contributed by atoms with van der Waals surface area (Å²) < 4.78 is 31.7. The Morgan fingerprint density at radius 3 is 2.35 bits per heavy atom. The van der Waals surface area contributed by atoms with Crippen molar-refractivity contribution < 1.29 is 33.0 Å². The van der Waals surface area contributed by atoms with Crippen molar-refractivity contribution in [2.45, 2.75) is 32.0 Å². The molecule has 142 valence electrons. The Hall–Kier alpha value is -2.55. The van der Waals surface area contributed by atoms with Gasteiger partial charge in [0.2, 0.25) is 0 Å². The number of carboxylic acid groups (broad SMARTS) is 2. The number of carbonyl (C=O) groups is 2. The van der Waals surface area contributed by atoms with E-state index >= 15 is 0 Å². The van der Waals surface area contributed by atoms with E-state index in [1.54, 1.807) is 0 Å². The van der Waals surface area contributed by atoms with Crippen molar-refractivity contribution in [1.29, 1.82) is 0 Å². The highest BCUT2D eigenvalue weighted by atomic mass is 19.4. The lowest BCUT2D eigenvalue weighted by molar-refractivity contribution is -0.192. The van der Waals surface area contributed by atoms with Gasteiger partial charge in [-0.2, -0.15) is 13.2 Å². The summed E-state index contributed by atoms with van der Waals surface area (Å²) >= 11 is 0. The predicted octanol–water partition coefficient (Wildman–Crippen LogP) is 3.39. The number of halogens is 3. The fourth-order valence-corrected chi connectivity index (χ4v) is 2.49. The smallest absolute Gasteiger partial charge is 0.477 e. The number of aliphatic carboxylic acids is 1. The molecule has 0 spiro atoms. The molecule has 6 nitrogen and oxygen atoms in total. The molecule has 1 saturated carbocycles. The second-order valence-corrected chi connectivity index (χ2v) is 6.04. The van der Waals surface area contributed by atoms with E-state index in [-0.39, 0.29) is 0 Å². The van der Waals surface area contributed by atoms with E-state index in [0.717, 1.165) is 28.9 Å². The minimum atomic E-state index is -5.08. The van der Waals surface area contributed by atoms with Gasteiger partial charge in [0, 0.05) is 23.0 Å². The maximum absolute atomic E-state index is 11.3. The Morgan fingerprint density at radius 2 is 1.81 bits per heavy atom. The molecule has 0 amide bonds. The summed E-state index contributed by atoms with van der Waals surface area (Å²) in [5, 5.41) is 20.7. The molecule has 0 bridgehead atoms. The fourth-order valence-electron chi connectivity index (χ4n) is 2.49. The molecule has 1 aliphatic rings. The molecule has 26 heavy (non-hydrogen) atoms. The molecular formula is C17H19F3N2O4. The molecule has 0 unspecified atom stereocenters. The third-order valence-electron chi connectivity index (χ3n) is 4.00. The number of alkyl halides is 3. The number of aromatic amines is 1. The molecule has 0 saturated heterocycles. The monoisotopic (exact) mass is 372 g/mol. The van der Waals surface area contributed by atoms with Gasteiger partial charge in [-0.15, -0.1) is 0 Å². The number of aromatic carboxylic acids is 1. The quantitative estimate of drug-likeness (QED) is 0.582. The number of fused-ring (bicyclic) bond motifs is 1. The van der Waals surface area contributed by atoms with Crippen LogP contribution in [0.4, 0.5) is 13.2 Å². The Morgan fingerprint density at radius 1 is 1.19 bits per heavy atom. The summed E-state index contributed by atoms with van der Waals surface area (Å²) in [5.41, 5.74) is 2.05. The highest BCUT2D eigenvalue weighted by Gasteiger charge is 2.38. The highest BCUT2D eigenvalue weighted by molar-refractivity contribution is 5.97. The largest absolute Gasteiger partial charge is 0.490 e. The van der Waals surface area contributed by atoms with Crippen molar-refractivity contribution in [3.8, 4) is 0 Å². The first kappa shape index (κ1) is 19.8. The standard InChI is InChI=1S/C15H18N2O2.C2HF3O2/c18-15(19)14-12(9-16-8-7-10-5-6-10)11-3-1-2-4-13(11)17-14;3-2(4,5)1(6)7/h1-4,10,16-17H,5-9H2,(H,18,19);(H,6,7).